The lowest BCUT2D eigenvalue weighted by Crippen LogP contribution is -2.18. The van der Waals surface area contributed by atoms with Gasteiger partial charge in [-0.1, -0.05) is 0 Å². The van der Waals surface area contributed by atoms with Crippen LogP contribution >= 0.6 is 0 Å². The number of pyridine rings is 1. The summed E-state index contributed by atoms with van der Waals surface area (Å²) in [6, 6.07) is 0. The first kappa shape index (κ1) is 9.58. The van der Waals surface area contributed by atoms with Crippen LogP contribution < -0.4 is 5.73 Å². The van der Waals surface area contributed by atoms with E-state index in [0.29, 0.717) is 13.2 Å². The number of hydrogen-bond donors (Lipinski definition) is 2. The third kappa shape index (κ3) is 1.64. The van der Waals surface area contributed by atoms with E-state index in [9.17, 15) is 5.11 Å². The summed E-state index contributed by atoms with van der Waals surface area (Å²) in [7, 11) is 0. The molecule has 3 N–H and O–H groups in total. The van der Waals surface area contributed by atoms with E-state index in [0.717, 1.165) is 23.1 Å². The van der Waals surface area contributed by atoms with E-state index in [-0.39, 0.29) is 6.54 Å². The molecule has 0 aromatic carbocycles. The van der Waals surface area contributed by atoms with Gasteiger partial charge in [0.25, 0.3) is 0 Å². The van der Waals surface area contributed by atoms with Gasteiger partial charge in [-0.3, -0.25) is 4.98 Å². The first-order valence-corrected chi connectivity index (χ1v) is 4.74. The summed E-state index contributed by atoms with van der Waals surface area (Å²) < 4.78 is 5.31. The largest absolute Gasteiger partial charge is 0.387 e. The molecule has 1 aromatic rings. The Labute approximate surface area is 82.7 Å². The first-order valence-electron chi connectivity index (χ1n) is 4.74. The van der Waals surface area contributed by atoms with Gasteiger partial charge in [0.15, 0.2) is 0 Å². The molecule has 1 aliphatic heterocycles. The number of rotatable bonds is 2. The summed E-state index contributed by atoms with van der Waals surface area (Å²) in [6.07, 6.45) is 3.73. The lowest BCUT2D eigenvalue weighted by Gasteiger charge is -2.21. The number of aromatic nitrogens is 1. The molecule has 4 nitrogen and oxygen atoms in total. The van der Waals surface area contributed by atoms with Crippen LogP contribution in [0.15, 0.2) is 12.4 Å². The molecule has 2 rings (SSSR count). The average Bonchev–Trinajstić information content (AvgIpc) is 2.27. The Morgan fingerprint density at radius 3 is 3.21 bits per heavy atom. The predicted molar refractivity (Wildman–Crippen MR) is 51.6 cm³/mol. The lowest BCUT2D eigenvalue weighted by molar-refractivity contribution is 0.108. The van der Waals surface area contributed by atoms with Gasteiger partial charge in [0.05, 0.1) is 19.3 Å². The molecule has 76 valence electrons. The summed E-state index contributed by atoms with van der Waals surface area (Å²) in [4.78, 5) is 4.07. The van der Waals surface area contributed by atoms with Crippen molar-refractivity contribution in [3.05, 3.63) is 29.1 Å². The average molecular weight is 194 g/mol. The van der Waals surface area contributed by atoms with E-state index in [1.54, 1.807) is 12.4 Å². The molecule has 0 amide bonds. The van der Waals surface area contributed by atoms with Crippen molar-refractivity contribution in [2.75, 3.05) is 13.2 Å². The molecular weight excluding hydrogens is 180 g/mol. The molecule has 1 unspecified atom stereocenters. The highest BCUT2D eigenvalue weighted by atomic mass is 16.5. The minimum atomic E-state index is -0.601. The molecule has 1 aromatic heterocycles. The highest BCUT2D eigenvalue weighted by molar-refractivity contribution is 5.34. The Balaban J connectivity index is 2.39. The summed E-state index contributed by atoms with van der Waals surface area (Å²) in [5.74, 6) is 0. The van der Waals surface area contributed by atoms with Crippen LogP contribution in [0.1, 0.15) is 22.8 Å². The Morgan fingerprint density at radius 2 is 2.43 bits per heavy atom. The molecule has 1 aliphatic rings. The van der Waals surface area contributed by atoms with Crippen molar-refractivity contribution in [2.24, 2.45) is 5.73 Å². The zero-order valence-corrected chi connectivity index (χ0v) is 7.94. The minimum absolute atomic E-state index is 0.235. The summed E-state index contributed by atoms with van der Waals surface area (Å²) in [5, 5.41) is 9.68. The molecule has 0 saturated carbocycles. The number of ether oxygens (including phenoxy) is 1. The van der Waals surface area contributed by atoms with Gasteiger partial charge >= 0.3 is 0 Å². The number of nitrogens with zero attached hydrogens (tertiary/aromatic N) is 1. The normalized spacial score (nSPS) is 17.6. The third-order valence-corrected chi connectivity index (χ3v) is 2.52. The third-order valence-electron chi connectivity index (χ3n) is 2.52. The summed E-state index contributed by atoms with van der Waals surface area (Å²) in [6.45, 7) is 1.54. The van der Waals surface area contributed by atoms with Crippen LogP contribution in [0.25, 0.3) is 0 Å². The van der Waals surface area contributed by atoms with E-state index in [4.69, 9.17) is 10.5 Å². The fourth-order valence-electron chi connectivity index (χ4n) is 1.75. The molecule has 0 fully saturated rings. The molecular formula is C10H14N2O2. The van der Waals surface area contributed by atoms with Crippen molar-refractivity contribution in [1.29, 1.82) is 0 Å². The quantitative estimate of drug-likeness (QED) is 0.703. The van der Waals surface area contributed by atoms with Crippen molar-refractivity contribution in [3.63, 3.8) is 0 Å². The van der Waals surface area contributed by atoms with Crippen LogP contribution in [0, 0.1) is 0 Å². The maximum atomic E-state index is 9.68. The Kier molecular flexibility index (Phi) is 2.77. The fourth-order valence-corrected chi connectivity index (χ4v) is 1.75. The number of nitrogens with two attached hydrogens (primary N) is 1. The predicted octanol–water partition coefficient (Wildman–Crippen LogP) is 0.146. The number of aliphatic hydroxyl groups is 1. The van der Waals surface area contributed by atoms with Gasteiger partial charge in [-0.05, 0) is 17.5 Å². The molecule has 0 bridgehead atoms. The van der Waals surface area contributed by atoms with Gasteiger partial charge in [-0.2, -0.15) is 0 Å². The van der Waals surface area contributed by atoms with Crippen molar-refractivity contribution >= 4 is 0 Å². The summed E-state index contributed by atoms with van der Waals surface area (Å²) in [5.41, 5.74) is 8.51. The number of fused-ring (bicyclic) bond motifs is 1. The van der Waals surface area contributed by atoms with Gasteiger partial charge < -0.3 is 15.6 Å². The van der Waals surface area contributed by atoms with E-state index >= 15 is 0 Å². The second-order valence-corrected chi connectivity index (χ2v) is 3.42. The smallest absolute Gasteiger partial charge is 0.0929 e. The molecule has 0 aliphatic carbocycles. The second-order valence-electron chi connectivity index (χ2n) is 3.42. The topological polar surface area (TPSA) is 68.4 Å². The van der Waals surface area contributed by atoms with Crippen molar-refractivity contribution in [1.82, 2.24) is 4.98 Å². The van der Waals surface area contributed by atoms with Crippen molar-refractivity contribution in [3.8, 4) is 0 Å². The SMILES string of the molecule is NCC(O)c1cncc2c1CCOC2. The van der Waals surface area contributed by atoms with Gasteiger partial charge in [-0.15, -0.1) is 0 Å². The van der Waals surface area contributed by atoms with Crippen molar-refractivity contribution in [2.45, 2.75) is 19.1 Å². The van der Waals surface area contributed by atoms with Crippen LogP contribution in [0.4, 0.5) is 0 Å². The lowest BCUT2D eigenvalue weighted by atomic mass is 9.97. The van der Waals surface area contributed by atoms with Gasteiger partial charge in [0, 0.05) is 24.5 Å². The van der Waals surface area contributed by atoms with Crippen molar-refractivity contribution < 1.29 is 9.84 Å². The van der Waals surface area contributed by atoms with Crippen LogP contribution in [0.5, 0.6) is 0 Å². The van der Waals surface area contributed by atoms with Crippen LogP contribution in [0.2, 0.25) is 0 Å². The Bertz CT molecular complexity index is 328. The van der Waals surface area contributed by atoms with E-state index in [1.165, 1.54) is 0 Å². The van der Waals surface area contributed by atoms with E-state index in [2.05, 4.69) is 4.98 Å². The molecule has 14 heavy (non-hydrogen) atoms. The first-order chi connectivity index (χ1) is 6.83. The highest BCUT2D eigenvalue weighted by Gasteiger charge is 2.17. The van der Waals surface area contributed by atoms with Crippen LogP contribution in [-0.4, -0.2) is 23.2 Å². The molecule has 1 atom stereocenters. The summed E-state index contributed by atoms with van der Waals surface area (Å²) >= 11 is 0. The maximum absolute atomic E-state index is 9.68. The zero-order chi connectivity index (χ0) is 9.97. The molecule has 0 radical (unpaired) electrons. The van der Waals surface area contributed by atoms with Crippen LogP contribution in [-0.2, 0) is 17.8 Å². The van der Waals surface area contributed by atoms with Gasteiger partial charge in [0.2, 0.25) is 0 Å². The van der Waals surface area contributed by atoms with Gasteiger partial charge in [0.1, 0.15) is 0 Å². The molecule has 4 heteroatoms. The minimum Gasteiger partial charge on any atom is -0.387 e. The molecule has 0 spiro atoms. The Morgan fingerprint density at radius 1 is 1.57 bits per heavy atom. The molecule has 2 heterocycles. The van der Waals surface area contributed by atoms with E-state index < -0.39 is 6.10 Å². The fraction of sp³-hybridized carbons (Fsp3) is 0.500. The van der Waals surface area contributed by atoms with E-state index in [1.807, 2.05) is 0 Å². The highest BCUT2D eigenvalue weighted by Crippen LogP contribution is 2.23. The van der Waals surface area contributed by atoms with Crippen LogP contribution in [0.3, 0.4) is 0 Å². The standard InChI is InChI=1S/C10H14N2O2/c11-3-10(13)9-5-12-4-7-6-14-2-1-8(7)9/h4-5,10,13H,1-3,6,11H2. The number of hydrogen-bond acceptors (Lipinski definition) is 4. The van der Waals surface area contributed by atoms with Gasteiger partial charge in [-0.25, -0.2) is 0 Å². The second kappa shape index (κ2) is 4.04. The zero-order valence-electron chi connectivity index (χ0n) is 7.94. The Hall–Kier alpha value is -0.970. The number of aliphatic hydroxyl groups excluding tert-OH is 1. The molecule has 0 saturated heterocycles. The maximum Gasteiger partial charge on any atom is 0.0929 e. The monoisotopic (exact) mass is 194 g/mol.